The van der Waals surface area contributed by atoms with Crippen LogP contribution in [0.3, 0.4) is 0 Å². The third kappa shape index (κ3) is 2660. The van der Waals surface area contributed by atoms with Crippen LogP contribution in [-0.2, 0) is 44.4 Å². The summed E-state index contributed by atoms with van der Waals surface area (Å²) < 4.78 is 0. The van der Waals surface area contributed by atoms with E-state index in [-0.39, 0.29) is 37.4 Å². The van der Waals surface area contributed by atoms with Gasteiger partial charge in [-0.1, -0.05) is 0 Å². The fourth-order valence-electron chi connectivity index (χ4n) is 0. The van der Waals surface area contributed by atoms with Crippen molar-refractivity contribution in [3.8, 4) is 0 Å². The molecule has 0 aliphatic carbocycles. The molecule has 0 aliphatic heterocycles. The summed E-state index contributed by atoms with van der Waals surface area (Å²) in [4.78, 5) is 40.0. The molecule has 0 saturated carbocycles. The molecule has 0 spiro atoms. The first kappa shape index (κ1) is 62.7. The third-order valence-electron chi connectivity index (χ3n) is 0. The molecule has 0 aromatic rings. The van der Waals surface area contributed by atoms with Crippen molar-refractivity contribution in [1.29, 1.82) is 0 Å². The Hall–Kier alpha value is -0.508. The molecule has 1 radical (unpaired) electrons. The summed E-state index contributed by atoms with van der Waals surface area (Å²) in [7, 11) is 0. The van der Waals surface area contributed by atoms with Crippen molar-refractivity contribution in [1.82, 2.24) is 0 Å². The van der Waals surface area contributed by atoms with Crippen molar-refractivity contribution in [2.45, 2.75) is 0 Å². The molecule has 0 heterocycles. The average Bonchev–Trinajstić information content (AvgIpc) is 2.20. The van der Waals surface area contributed by atoms with E-state index in [0.717, 1.165) is 0 Å². The molecule has 0 saturated heterocycles. The van der Waals surface area contributed by atoms with Crippen molar-refractivity contribution >= 4 is 33.9 Å². The van der Waals surface area contributed by atoms with Gasteiger partial charge in [-0.05, 0) is 0 Å². The Bertz CT molecular complexity index is 31.4. The van der Waals surface area contributed by atoms with Crippen molar-refractivity contribution in [3.63, 3.8) is 0 Å². The second-order valence-corrected chi connectivity index (χ2v) is 0. The summed E-state index contributed by atoms with van der Waals surface area (Å²) in [5.74, 6) is 0. The molecular formula is C5H10BrO5Re-. The van der Waals surface area contributed by atoms with Gasteiger partial charge >= 0.3 is 0 Å². The predicted octanol–water partition coefficient (Wildman–Crippen LogP) is -3.92. The van der Waals surface area contributed by atoms with Gasteiger partial charge in [-0.15, -0.1) is 0 Å². The molecule has 75 valence electrons. The van der Waals surface area contributed by atoms with Gasteiger partial charge in [0, 0.05) is 20.4 Å². The molecule has 0 bridgehead atoms. The monoisotopic (exact) mass is 416 g/mol. The fourth-order valence-corrected chi connectivity index (χ4v) is 0. The molecule has 0 rings (SSSR count). The van der Waals surface area contributed by atoms with E-state index in [2.05, 4.69) is 0 Å². The van der Waals surface area contributed by atoms with E-state index in [1.807, 2.05) is 33.9 Å². The predicted molar refractivity (Wildman–Crippen MR) is 35.6 cm³/mol. The van der Waals surface area contributed by atoms with E-state index in [9.17, 15) is 0 Å². The summed E-state index contributed by atoms with van der Waals surface area (Å²) in [6, 6.07) is 0. The van der Waals surface area contributed by atoms with Gasteiger partial charge in [-0.25, -0.2) is 0 Å². The topological polar surface area (TPSA) is 85.3 Å². The molecule has 0 unspecified atom stereocenters. The number of hydrogen-bond acceptors (Lipinski definition) is 5. The number of hydrogen-bond donors (Lipinski definition) is 0. The van der Waals surface area contributed by atoms with Crippen LogP contribution in [0.25, 0.3) is 0 Å². The Labute approximate surface area is 95.3 Å². The maximum Gasteiger partial charge on any atom is 0.106 e. The largest absolute Gasteiger partial charge is 1.00 e. The maximum absolute atomic E-state index is 8.00. The van der Waals surface area contributed by atoms with Crippen LogP contribution in [0.15, 0.2) is 0 Å². The van der Waals surface area contributed by atoms with Crippen LogP contribution in [0.5, 0.6) is 0 Å². The first-order valence-corrected chi connectivity index (χ1v) is 1.44. The summed E-state index contributed by atoms with van der Waals surface area (Å²) in [5.41, 5.74) is 0. The van der Waals surface area contributed by atoms with E-state index in [1.165, 1.54) is 0 Å². The van der Waals surface area contributed by atoms with E-state index in [4.69, 9.17) is 24.0 Å². The van der Waals surface area contributed by atoms with Crippen molar-refractivity contribution in [2.24, 2.45) is 0 Å². The summed E-state index contributed by atoms with van der Waals surface area (Å²) >= 11 is 0. The minimum atomic E-state index is 0. The van der Waals surface area contributed by atoms with Crippen molar-refractivity contribution in [3.05, 3.63) is 0 Å². The zero-order valence-corrected chi connectivity index (χ0v) is 10.6. The minimum absolute atomic E-state index is 0. The van der Waals surface area contributed by atoms with Crippen LogP contribution in [0.1, 0.15) is 0 Å². The second kappa shape index (κ2) is 3670. The van der Waals surface area contributed by atoms with Gasteiger partial charge in [-0.2, -0.15) is 0 Å². The first-order chi connectivity index (χ1) is 5.00. The molecule has 5 nitrogen and oxygen atoms in total. The smallest absolute Gasteiger partial charge is 0.106 e. The Morgan fingerprint density at radius 1 is 0.417 bits per heavy atom. The number of carbonyl (C=O) groups is 5. The SMILES string of the molecule is C=O.C=O.C=O.C=O.C=O.[Br-].[Re]. The summed E-state index contributed by atoms with van der Waals surface area (Å²) in [5, 5.41) is 0. The molecule has 0 fully saturated rings. The van der Waals surface area contributed by atoms with Gasteiger partial charge in [0.25, 0.3) is 0 Å². The molecule has 0 aromatic carbocycles. The van der Waals surface area contributed by atoms with Crippen molar-refractivity contribution in [2.75, 3.05) is 0 Å². The average molecular weight is 416 g/mol. The van der Waals surface area contributed by atoms with Crippen LogP contribution in [0.4, 0.5) is 0 Å². The third-order valence-corrected chi connectivity index (χ3v) is 0. The maximum atomic E-state index is 8.00. The van der Waals surface area contributed by atoms with Crippen LogP contribution in [-0.4, -0.2) is 33.9 Å². The fraction of sp³-hybridized carbons (Fsp3) is 0. The number of carbonyl (C=O) groups excluding carboxylic acids is 5. The van der Waals surface area contributed by atoms with E-state index in [1.54, 1.807) is 0 Å². The molecule has 0 N–H and O–H groups in total. The Balaban J connectivity index is -0.00000000500. The molecule has 0 amide bonds. The quantitative estimate of drug-likeness (QED) is 0.403. The van der Waals surface area contributed by atoms with Gasteiger partial charge in [0.1, 0.15) is 33.9 Å². The van der Waals surface area contributed by atoms with Gasteiger partial charge in [0.05, 0.1) is 0 Å². The van der Waals surface area contributed by atoms with E-state index < -0.39 is 0 Å². The minimum Gasteiger partial charge on any atom is -1.00 e. The summed E-state index contributed by atoms with van der Waals surface area (Å²) in [6.45, 7) is 10.0. The normalized spacial score (nSPS) is 1.67. The molecule has 12 heavy (non-hydrogen) atoms. The van der Waals surface area contributed by atoms with Gasteiger partial charge in [0.15, 0.2) is 0 Å². The number of rotatable bonds is 0. The Morgan fingerprint density at radius 2 is 0.417 bits per heavy atom. The van der Waals surface area contributed by atoms with Gasteiger partial charge in [-0.3, -0.25) is 0 Å². The van der Waals surface area contributed by atoms with Crippen LogP contribution in [0, 0.1) is 0 Å². The van der Waals surface area contributed by atoms with E-state index >= 15 is 0 Å². The molecule has 7 heteroatoms. The zero-order valence-electron chi connectivity index (χ0n) is 6.33. The zero-order chi connectivity index (χ0) is 10.0. The molecule has 0 aliphatic rings. The van der Waals surface area contributed by atoms with Crippen LogP contribution >= 0.6 is 0 Å². The first-order valence-electron chi connectivity index (χ1n) is 1.44. The van der Waals surface area contributed by atoms with Crippen molar-refractivity contribution < 1.29 is 61.4 Å². The van der Waals surface area contributed by atoms with Gasteiger partial charge < -0.3 is 41.0 Å². The Kier molecular flexibility index (Phi) is 19200. The molecule has 0 atom stereocenters. The van der Waals surface area contributed by atoms with Crippen LogP contribution < -0.4 is 17.0 Å². The Morgan fingerprint density at radius 3 is 0.417 bits per heavy atom. The molecule has 0 aromatic heterocycles. The second-order valence-electron chi connectivity index (χ2n) is 0. The standard InChI is InChI=1S/5CH2O.BrH.Re/c5*1-2;;/h5*1H2;1H;/p-1. The van der Waals surface area contributed by atoms with E-state index in [0.29, 0.717) is 0 Å². The summed E-state index contributed by atoms with van der Waals surface area (Å²) in [6.07, 6.45) is 0. The number of halogens is 1. The molecular weight excluding hydrogens is 406 g/mol. The van der Waals surface area contributed by atoms with Crippen LogP contribution in [0.2, 0.25) is 0 Å². The van der Waals surface area contributed by atoms with Gasteiger partial charge in [0.2, 0.25) is 0 Å².